The molecule has 0 aliphatic rings. The number of carbonyl (C=O) groups is 2. The summed E-state index contributed by atoms with van der Waals surface area (Å²) >= 11 is 3.13. The number of ether oxygens (including phenoxy) is 2. The summed E-state index contributed by atoms with van der Waals surface area (Å²) in [5, 5.41) is 0. The van der Waals surface area contributed by atoms with Gasteiger partial charge in [0.2, 0.25) is 0 Å². The molecular formula is C16H20BrN5O4. The fourth-order valence-electron chi connectivity index (χ4n) is 1.66. The fourth-order valence-corrected chi connectivity index (χ4v) is 2.01. The molecule has 0 bridgehead atoms. The molecule has 0 amide bonds. The van der Waals surface area contributed by atoms with Crippen molar-refractivity contribution in [3.8, 4) is 0 Å². The summed E-state index contributed by atoms with van der Waals surface area (Å²) in [6, 6.07) is 0. The van der Waals surface area contributed by atoms with Crippen LogP contribution in [0.25, 0.3) is 0 Å². The number of nitrogens with two attached hydrogens (primary N) is 1. The number of hydrogen-bond donors (Lipinski definition) is 1. The van der Waals surface area contributed by atoms with Crippen molar-refractivity contribution in [3.05, 3.63) is 39.8 Å². The Bertz CT molecular complexity index is 720. The Morgan fingerprint density at radius 1 is 0.962 bits per heavy atom. The van der Waals surface area contributed by atoms with E-state index in [1.54, 1.807) is 12.4 Å². The standard InChI is InChI=1S/C8H9BrN2O2.C8H11N3O2/c2*1-3-5-4-10-7(9)6(11-5)8(12)13-2/h4H,3H2,1-2H3;4H,3H2,1-2H3,(H2,9,10). The van der Waals surface area contributed by atoms with Crippen molar-refractivity contribution in [2.45, 2.75) is 26.7 Å². The minimum atomic E-state index is -0.555. The van der Waals surface area contributed by atoms with Crippen molar-refractivity contribution >= 4 is 33.7 Å². The normalized spacial score (nSPS) is 9.73. The van der Waals surface area contributed by atoms with E-state index in [1.165, 1.54) is 14.2 Å². The number of nitrogens with zero attached hydrogens (tertiary/aromatic N) is 4. The van der Waals surface area contributed by atoms with Gasteiger partial charge in [-0.25, -0.2) is 29.5 Å². The molecule has 0 radical (unpaired) electrons. The highest BCUT2D eigenvalue weighted by Gasteiger charge is 2.14. The molecule has 0 saturated carbocycles. The minimum Gasteiger partial charge on any atom is -0.464 e. The van der Waals surface area contributed by atoms with Gasteiger partial charge in [0, 0.05) is 6.20 Å². The van der Waals surface area contributed by atoms with Crippen molar-refractivity contribution in [1.29, 1.82) is 0 Å². The van der Waals surface area contributed by atoms with Gasteiger partial charge in [-0.15, -0.1) is 0 Å². The molecule has 9 nitrogen and oxygen atoms in total. The van der Waals surface area contributed by atoms with E-state index in [0.29, 0.717) is 11.0 Å². The van der Waals surface area contributed by atoms with Gasteiger partial charge in [-0.3, -0.25) is 0 Å². The zero-order chi connectivity index (χ0) is 19.7. The highest BCUT2D eigenvalue weighted by molar-refractivity contribution is 9.10. The van der Waals surface area contributed by atoms with Gasteiger partial charge in [-0.05, 0) is 28.8 Å². The van der Waals surface area contributed by atoms with Crippen LogP contribution in [0.3, 0.4) is 0 Å². The Morgan fingerprint density at radius 2 is 1.42 bits per heavy atom. The zero-order valence-corrected chi connectivity index (χ0v) is 16.5. The van der Waals surface area contributed by atoms with Crippen LogP contribution >= 0.6 is 15.9 Å². The molecule has 140 valence electrons. The van der Waals surface area contributed by atoms with Crippen LogP contribution in [0.15, 0.2) is 17.0 Å². The van der Waals surface area contributed by atoms with Crippen LogP contribution in [0.4, 0.5) is 5.82 Å². The Kier molecular flexibility index (Phi) is 8.56. The van der Waals surface area contributed by atoms with Gasteiger partial charge in [0.25, 0.3) is 0 Å². The van der Waals surface area contributed by atoms with Crippen LogP contribution in [0, 0.1) is 0 Å². The van der Waals surface area contributed by atoms with Crippen molar-refractivity contribution in [3.63, 3.8) is 0 Å². The van der Waals surface area contributed by atoms with E-state index in [-0.39, 0.29) is 17.2 Å². The van der Waals surface area contributed by atoms with Crippen LogP contribution in [0.2, 0.25) is 0 Å². The van der Waals surface area contributed by atoms with E-state index in [1.807, 2.05) is 13.8 Å². The predicted octanol–water partition coefficient (Wildman–Crippen LogP) is 2.00. The molecule has 0 atom stereocenters. The molecule has 2 aromatic rings. The Balaban J connectivity index is 0.000000260. The number of rotatable bonds is 4. The smallest absolute Gasteiger partial charge is 0.360 e. The molecule has 26 heavy (non-hydrogen) atoms. The third-order valence-corrected chi connectivity index (χ3v) is 3.69. The van der Waals surface area contributed by atoms with Crippen LogP contribution in [-0.4, -0.2) is 46.1 Å². The summed E-state index contributed by atoms with van der Waals surface area (Å²) in [6.07, 6.45) is 4.61. The van der Waals surface area contributed by atoms with Crippen LogP contribution < -0.4 is 5.73 Å². The Morgan fingerprint density at radius 3 is 1.92 bits per heavy atom. The largest absolute Gasteiger partial charge is 0.464 e. The molecule has 0 aliphatic heterocycles. The maximum absolute atomic E-state index is 11.1. The van der Waals surface area contributed by atoms with E-state index in [9.17, 15) is 9.59 Å². The van der Waals surface area contributed by atoms with Gasteiger partial charge in [-0.1, -0.05) is 13.8 Å². The summed E-state index contributed by atoms with van der Waals surface area (Å²) in [4.78, 5) is 38.1. The first-order valence-corrected chi connectivity index (χ1v) is 8.46. The highest BCUT2D eigenvalue weighted by atomic mass is 79.9. The van der Waals surface area contributed by atoms with E-state index in [0.717, 1.165) is 17.8 Å². The topological polar surface area (TPSA) is 130 Å². The number of hydrogen-bond acceptors (Lipinski definition) is 9. The van der Waals surface area contributed by atoms with Gasteiger partial charge in [0.1, 0.15) is 4.60 Å². The SMILES string of the molecule is CCc1cnc(Br)c(C(=O)OC)n1.CCc1cnc(N)c(C(=O)OC)n1. The van der Waals surface area contributed by atoms with Gasteiger partial charge in [-0.2, -0.15) is 0 Å². The van der Waals surface area contributed by atoms with Gasteiger partial charge in [0.05, 0.1) is 31.8 Å². The lowest BCUT2D eigenvalue weighted by molar-refractivity contribution is 0.0584. The minimum absolute atomic E-state index is 0.0850. The molecule has 0 fully saturated rings. The quantitative estimate of drug-likeness (QED) is 0.730. The fraction of sp³-hybridized carbons (Fsp3) is 0.375. The molecule has 0 saturated heterocycles. The van der Waals surface area contributed by atoms with E-state index in [4.69, 9.17) is 5.73 Å². The number of nitrogen functional groups attached to an aromatic ring is 1. The Labute approximate surface area is 159 Å². The van der Waals surface area contributed by atoms with Gasteiger partial charge in [0.15, 0.2) is 17.2 Å². The molecule has 0 aromatic carbocycles. The monoisotopic (exact) mass is 425 g/mol. The maximum Gasteiger partial charge on any atom is 0.360 e. The van der Waals surface area contributed by atoms with Crippen molar-refractivity contribution in [1.82, 2.24) is 19.9 Å². The highest BCUT2D eigenvalue weighted by Crippen LogP contribution is 2.12. The summed E-state index contributed by atoms with van der Waals surface area (Å²) in [5.41, 5.74) is 7.24. The molecule has 0 unspecified atom stereocenters. The zero-order valence-electron chi connectivity index (χ0n) is 14.9. The molecule has 2 N–H and O–H groups in total. The first-order chi connectivity index (χ1) is 12.4. The summed E-state index contributed by atoms with van der Waals surface area (Å²) in [6.45, 7) is 3.86. The average Bonchev–Trinajstić information content (AvgIpc) is 2.68. The molecule has 0 aliphatic carbocycles. The molecule has 0 spiro atoms. The number of anilines is 1. The first-order valence-electron chi connectivity index (χ1n) is 7.67. The van der Waals surface area contributed by atoms with E-state index >= 15 is 0 Å². The third kappa shape index (κ3) is 5.73. The third-order valence-electron chi connectivity index (χ3n) is 3.11. The lowest BCUT2D eigenvalue weighted by atomic mass is 10.3. The number of methoxy groups -OCH3 is 2. The molecule has 2 aromatic heterocycles. The van der Waals surface area contributed by atoms with Crippen LogP contribution in [0.1, 0.15) is 46.2 Å². The molecular weight excluding hydrogens is 406 g/mol. The summed E-state index contributed by atoms with van der Waals surface area (Å²) in [5.74, 6) is -0.931. The molecule has 2 rings (SSSR count). The van der Waals surface area contributed by atoms with Crippen LogP contribution in [-0.2, 0) is 22.3 Å². The van der Waals surface area contributed by atoms with E-state index in [2.05, 4.69) is 45.3 Å². The predicted molar refractivity (Wildman–Crippen MR) is 97.6 cm³/mol. The number of carbonyl (C=O) groups excluding carboxylic acids is 2. The molecule has 2 heterocycles. The van der Waals surface area contributed by atoms with Gasteiger partial charge >= 0.3 is 11.9 Å². The second kappa shape index (κ2) is 10.4. The maximum atomic E-state index is 11.1. The lowest BCUT2D eigenvalue weighted by Gasteiger charge is -2.02. The first kappa shape index (κ1) is 21.4. The number of aryl methyl sites for hydroxylation is 2. The Hall–Kier alpha value is -2.62. The van der Waals surface area contributed by atoms with Crippen molar-refractivity contribution in [2.75, 3.05) is 20.0 Å². The average molecular weight is 426 g/mol. The van der Waals surface area contributed by atoms with Crippen LogP contribution in [0.5, 0.6) is 0 Å². The van der Waals surface area contributed by atoms with E-state index < -0.39 is 11.9 Å². The summed E-state index contributed by atoms with van der Waals surface area (Å²) in [7, 11) is 2.59. The number of esters is 2. The second-order valence-corrected chi connectivity index (χ2v) is 5.54. The lowest BCUT2D eigenvalue weighted by Crippen LogP contribution is -2.11. The number of halogens is 1. The van der Waals surface area contributed by atoms with Crippen molar-refractivity contribution < 1.29 is 19.1 Å². The summed E-state index contributed by atoms with van der Waals surface area (Å²) < 4.78 is 9.45. The number of aromatic nitrogens is 4. The second-order valence-electron chi connectivity index (χ2n) is 4.79. The van der Waals surface area contributed by atoms with Gasteiger partial charge < -0.3 is 15.2 Å². The van der Waals surface area contributed by atoms with Crippen molar-refractivity contribution in [2.24, 2.45) is 0 Å². The molecule has 10 heteroatoms.